The quantitative estimate of drug-likeness (QED) is 0.694. The number of hydrogen-bond donors (Lipinski definition) is 0. The maximum Gasteiger partial charge on any atom is 0.453 e. The number of carbonyl (C=O) groups is 1. The minimum absolute atomic E-state index is 0.00149. The van der Waals surface area contributed by atoms with Crippen LogP contribution in [0.2, 0.25) is 0 Å². The average Bonchev–Trinajstić information content (AvgIpc) is 3.29. The van der Waals surface area contributed by atoms with Gasteiger partial charge in [0.25, 0.3) is 5.82 Å². The van der Waals surface area contributed by atoms with Gasteiger partial charge in [-0.1, -0.05) is 0 Å². The lowest BCUT2D eigenvalue weighted by Crippen LogP contribution is -2.45. The van der Waals surface area contributed by atoms with E-state index in [1.165, 1.54) is 6.07 Å². The largest absolute Gasteiger partial charge is 0.453 e. The molecule has 0 N–H and O–H groups in total. The molecule has 2 aromatic rings. The molecule has 2 saturated heterocycles. The van der Waals surface area contributed by atoms with Crippen LogP contribution in [-0.2, 0) is 20.8 Å². The standard InChI is InChI=1S/C17H21F3N6O3S/c1-24(12-6-9-30(28,29)10-12)15(27)11-4-7-25(8-5-11)14-3-2-13-21-22-16(17(18,19)20)26(13)23-14/h2-3,11-12H,4-10H2,1H3. The fourth-order valence-corrected chi connectivity index (χ4v) is 5.80. The second-order valence-electron chi connectivity index (χ2n) is 7.75. The molecule has 2 aromatic heterocycles. The van der Waals surface area contributed by atoms with E-state index in [9.17, 15) is 26.4 Å². The predicted molar refractivity (Wildman–Crippen MR) is 101 cm³/mol. The van der Waals surface area contributed by atoms with Crippen LogP contribution in [0.25, 0.3) is 5.65 Å². The van der Waals surface area contributed by atoms with Crippen molar-refractivity contribution in [3.05, 3.63) is 18.0 Å². The molecule has 2 aliphatic heterocycles. The van der Waals surface area contributed by atoms with Gasteiger partial charge in [-0.15, -0.1) is 15.3 Å². The van der Waals surface area contributed by atoms with Crippen molar-refractivity contribution in [2.24, 2.45) is 5.92 Å². The number of hydrogen-bond acceptors (Lipinski definition) is 7. The van der Waals surface area contributed by atoms with Crippen LogP contribution in [0.1, 0.15) is 25.1 Å². The van der Waals surface area contributed by atoms with Crippen molar-refractivity contribution in [1.29, 1.82) is 0 Å². The summed E-state index contributed by atoms with van der Waals surface area (Å²) in [6, 6.07) is 2.72. The van der Waals surface area contributed by atoms with Crippen LogP contribution in [-0.4, -0.2) is 76.7 Å². The Morgan fingerprint density at radius 3 is 2.47 bits per heavy atom. The van der Waals surface area contributed by atoms with Crippen molar-refractivity contribution < 1.29 is 26.4 Å². The van der Waals surface area contributed by atoms with Gasteiger partial charge in [-0.3, -0.25) is 4.79 Å². The van der Waals surface area contributed by atoms with Gasteiger partial charge in [0.2, 0.25) is 5.91 Å². The SMILES string of the molecule is CN(C(=O)C1CCN(c2ccc3nnc(C(F)(F)F)n3n2)CC1)C1CCS(=O)(=O)C1. The molecule has 4 heterocycles. The summed E-state index contributed by atoms with van der Waals surface area (Å²) < 4.78 is 63.2. The maximum absolute atomic E-state index is 13.1. The zero-order chi connectivity index (χ0) is 21.7. The predicted octanol–water partition coefficient (Wildman–Crippen LogP) is 1.01. The summed E-state index contributed by atoms with van der Waals surface area (Å²) in [6.45, 7) is 0.907. The molecule has 2 aliphatic rings. The van der Waals surface area contributed by atoms with Gasteiger partial charge in [-0.2, -0.15) is 17.7 Å². The van der Waals surface area contributed by atoms with E-state index in [1.54, 1.807) is 18.0 Å². The average molecular weight is 446 g/mol. The van der Waals surface area contributed by atoms with Crippen LogP contribution in [0, 0.1) is 5.92 Å². The molecule has 4 rings (SSSR count). The van der Waals surface area contributed by atoms with Gasteiger partial charge >= 0.3 is 6.18 Å². The van der Waals surface area contributed by atoms with Gasteiger partial charge in [-0.25, -0.2) is 8.42 Å². The smallest absolute Gasteiger partial charge is 0.355 e. The molecule has 0 radical (unpaired) electrons. The van der Waals surface area contributed by atoms with Crippen LogP contribution in [0.3, 0.4) is 0 Å². The highest BCUT2D eigenvalue weighted by Gasteiger charge is 2.38. The van der Waals surface area contributed by atoms with E-state index in [2.05, 4.69) is 15.3 Å². The first-order chi connectivity index (χ1) is 14.0. The molecule has 30 heavy (non-hydrogen) atoms. The van der Waals surface area contributed by atoms with E-state index < -0.39 is 21.8 Å². The Morgan fingerprint density at radius 2 is 1.87 bits per heavy atom. The van der Waals surface area contributed by atoms with E-state index >= 15 is 0 Å². The van der Waals surface area contributed by atoms with Gasteiger partial charge in [0.1, 0.15) is 5.82 Å². The fraction of sp³-hybridized carbons (Fsp3) is 0.647. The summed E-state index contributed by atoms with van der Waals surface area (Å²) in [7, 11) is -1.44. The molecule has 1 amide bonds. The van der Waals surface area contributed by atoms with Crippen molar-refractivity contribution in [3.8, 4) is 0 Å². The normalized spacial score (nSPS) is 22.5. The monoisotopic (exact) mass is 446 g/mol. The van der Waals surface area contributed by atoms with Crippen LogP contribution >= 0.6 is 0 Å². The molecule has 164 valence electrons. The molecule has 13 heteroatoms. The maximum atomic E-state index is 13.1. The number of sulfone groups is 1. The van der Waals surface area contributed by atoms with Crippen LogP contribution in [0.15, 0.2) is 12.1 Å². The molecular formula is C17H21F3N6O3S. The Bertz CT molecular complexity index is 1060. The van der Waals surface area contributed by atoms with Crippen molar-refractivity contribution >= 4 is 27.2 Å². The topological polar surface area (TPSA) is 101 Å². The number of nitrogens with zero attached hydrogens (tertiary/aromatic N) is 6. The first kappa shape index (κ1) is 20.8. The summed E-state index contributed by atoms with van der Waals surface area (Å²) in [5.41, 5.74) is 0.00396. The van der Waals surface area contributed by atoms with Crippen molar-refractivity contribution in [2.75, 3.05) is 36.5 Å². The van der Waals surface area contributed by atoms with Gasteiger partial charge in [0.15, 0.2) is 15.5 Å². The molecule has 0 aromatic carbocycles. The lowest BCUT2D eigenvalue weighted by Gasteiger charge is -2.35. The highest BCUT2D eigenvalue weighted by atomic mass is 32.2. The Balaban J connectivity index is 1.42. The third-order valence-electron chi connectivity index (χ3n) is 5.77. The van der Waals surface area contributed by atoms with Gasteiger partial charge in [-0.05, 0) is 31.4 Å². The molecule has 0 bridgehead atoms. The summed E-state index contributed by atoms with van der Waals surface area (Å²) in [5.74, 6) is -1.06. The van der Waals surface area contributed by atoms with Crippen molar-refractivity contribution in [1.82, 2.24) is 24.7 Å². The lowest BCUT2D eigenvalue weighted by atomic mass is 9.94. The van der Waals surface area contributed by atoms with Crippen molar-refractivity contribution in [3.63, 3.8) is 0 Å². The first-order valence-corrected chi connectivity index (χ1v) is 11.4. The highest BCUT2D eigenvalue weighted by molar-refractivity contribution is 7.91. The number of aromatic nitrogens is 4. The van der Waals surface area contributed by atoms with Crippen LogP contribution in [0.4, 0.5) is 19.0 Å². The lowest BCUT2D eigenvalue weighted by molar-refractivity contribution is -0.146. The highest BCUT2D eigenvalue weighted by Crippen LogP contribution is 2.29. The first-order valence-electron chi connectivity index (χ1n) is 9.57. The second kappa shape index (κ2) is 7.36. The molecule has 1 atom stereocenters. The van der Waals surface area contributed by atoms with E-state index in [-0.39, 0.29) is 35.0 Å². The molecule has 1 unspecified atom stereocenters. The molecule has 0 aliphatic carbocycles. The Morgan fingerprint density at radius 1 is 1.17 bits per heavy atom. The van der Waals surface area contributed by atoms with Crippen molar-refractivity contribution in [2.45, 2.75) is 31.5 Å². The van der Waals surface area contributed by atoms with E-state index in [1.807, 2.05) is 4.90 Å². The minimum Gasteiger partial charge on any atom is -0.355 e. The summed E-state index contributed by atoms with van der Waals surface area (Å²) in [6.07, 6.45) is -3.19. The molecule has 9 nitrogen and oxygen atoms in total. The van der Waals surface area contributed by atoms with Gasteiger partial charge < -0.3 is 9.80 Å². The summed E-state index contributed by atoms with van der Waals surface area (Å²) >= 11 is 0. The van der Waals surface area contributed by atoms with Gasteiger partial charge in [0.05, 0.1) is 11.5 Å². The van der Waals surface area contributed by atoms with E-state index in [0.29, 0.717) is 42.7 Å². The number of alkyl halides is 3. The number of rotatable bonds is 3. The van der Waals surface area contributed by atoms with E-state index in [4.69, 9.17) is 0 Å². The number of amides is 1. The summed E-state index contributed by atoms with van der Waals surface area (Å²) in [5, 5.41) is 10.7. The third kappa shape index (κ3) is 3.94. The summed E-state index contributed by atoms with van der Waals surface area (Å²) in [4.78, 5) is 16.2. The number of anilines is 1. The van der Waals surface area contributed by atoms with Gasteiger partial charge in [0, 0.05) is 32.1 Å². The zero-order valence-electron chi connectivity index (χ0n) is 16.2. The van der Waals surface area contributed by atoms with E-state index in [0.717, 1.165) is 0 Å². The molecule has 0 saturated carbocycles. The number of halogens is 3. The number of piperidine rings is 1. The molecule has 2 fully saturated rings. The zero-order valence-corrected chi connectivity index (χ0v) is 17.0. The third-order valence-corrected chi connectivity index (χ3v) is 7.52. The minimum atomic E-state index is -4.66. The molecular weight excluding hydrogens is 425 g/mol. The molecule has 0 spiro atoms. The Hall–Kier alpha value is -2.44. The van der Waals surface area contributed by atoms with Crippen LogP contribution < -0.4 is 4.90 Å². The van der Waals surface area contributed by atoms with Crippen LogP contribution in [0.5, 0.6) is 0 Å². The number of fused-ring (bicyclic) bond motifs is 1. The Labute approximate surface area is 170 Å². The Kier molecular flexibility index (Phi) is 5.11. The number of carbonyl (C=O) groups excluding carboxylic acids is 1. The fourth-order valence-electron chi connectivity index (χ4n) is 4.03. The second-order valence-corrected chi connectivity index (χ2v) is 9.98.